The second kappa shape index (κ2) is 11.2. The van der Waals surface area contributed by atoms with Gasteiger partial charge in [-0.25, -0.2) is 9.59 Å². The molecule has 0 aromatic heterocycles. The number of allylic oxidation sites excluding steroid dienone is 1. The van der Waals surface area contributed by atoms with E-state index in [0.717, 1.165) is 11.1 Å². The lowest BCUT2D eigenvalue weighted by Gasteiger charge is -2.33. The maximum Gasteiger partial charge on any atom is 0.338 e. The van der Waals surface area contributed by atoms with Gasteiger partial charge in [0.25, 0.3) is 0 Å². The first-order chi connectivity index (χ1) is 17.0. The van der Waals surface area contributed by atoms with Crippen LogP contribution < -0.4 is 14.8 Å². The van der Waals surface area contributed by atoms with Crippen LogP contribution in [0.1, 0.15) is 24.1 Å². The van der Waals surface area contributed by atoms with Crippen molar-refractivity contribution >= 4 is 12.0 Å². The monoisotopic (exact) mass is 472 g/mol. The number of hydrogen-bond donors (Lipinski definition) is 1. The van der Waals surface area contributed by atoms with Gasteiger partial charge in [0.1, 0.15) is 31.3 Å². The average Bonchev–Trinajstić information content (AvgIpc) is 2.90. The lowest BCUT2D eigenvalue weighted by Crippen LogP contribution is -2.46. The third-order valence-electron chi connectivity index (χ3n) is 5.76. The van der Waals surface area contributed by atoms with Crippen molar-refractivity contribution in [3.8, 4) is 11.5 Å². The van der Waals surface area contributed by atoms with E-state index in [9.17, 15) is 9.59 Å². The zero-order chi connectivity index (χ0) is 24.6. The number of esters is 1. The van der Waals surface area contributed by atoms with E-state index in [1.807, 2.05) is 84.9 Å². The SMILES string of the molecule is CC1=C(C(=O)OCCOc2ccccc2)[C@@H](c2ccc(OCc3ccccc3)cc2)NC(=O)N1C. The Morgan fingerprint density at radius 3 is 2.17 bits per heavy atom. The third-order valence-corrected chi connectivity index (χ3v) is 5.76. The van der Waals surface area contributed by atoms with E-state index in [0.29, 0.717) is 29.4 Å². The van der Waals surface area contributed by atoms with Gasteiger partial charge >= 0.3 is 12.0 Å². The van der Waals surface area contributed by atoms with Gasteiger partial charge in [-0.2, -0.15) is 0 Å². The minimum atomic E-state index is -0.635. The molecule has 0 radical (unpaired) electrons. The third kappa shape index (κ3) is 6.00. The molecule has 4 rings (SSSR count). The Kier molecular flexibility index (Phi) is 7.67. The number of para-hydroxylation sites is 1. The molecule has 180 valence electrons. The van der Waals surface area contributed by atoms with Crippen LogP contribution in [-0.2, 0) is 16.1 Å². The van der Waals surface area contributed by atoms with E-state index in [2.05, 4.69) is 5.32 Å². The van der Waals surface area contributed by atoms with Crippen molar-refractivity contribution in [2.45, 2.75) is 19.6 Å². The minimum Gasteiger partial charge on any atom is -0.490 e. The summed E-state index contributed by atoms with van der Waals surface area (Å²) in [6.45, 7) is 2.50. The molecule has 1 heterocycles. The summed E-state index contributed by atoms with van der Waals surface area (Å²) in [5, 5.41) is 2.89. The van der Waals surface area contributed by atoms with Crippen molar-refractivity contribution in [2.24, 2.45) is 0 Å². The van der Waals surface area contributed by atoms with Gasteiger partial charge in [0.15, 0.2) is 0 Å². The fourth-order valence-corrected chi connectivity index (χ4v) is 3.74. The summed E-state index contributed by atoms with van der Waals surface area (Å²) in [5.41, 5.74) is 2.74. The highest BCUT2D eigenvalue weighted by atomic mass is 16.6. The highest BCUT2D eigenvalue weighted by Gasteiger charge is 2.35. The summed E-state index contributed by atoms with van der Waals surface area (Å²) in [5.74, 6) is 0.899. The van der Waals surface area contributed by atoms with Gasteiger partial charge in [0, 0.05) is 12.7 Å². The van der Waals surface area contributed by atoms with E-state index in [4.69, 9.17) is 14.2 Å². The molecule has 0 aliphatic carbocycles. The molecule has 1 atom stereocenters. The summed E-state index contributed by atoms with van der Waals surface area (Å²) in [4.78, 5) is 26.9. The smallest absolute Gasteiger partial charge is 0.338 e. The van der Waals surface area contributed by atoms with Gasteiger partial charge in [-0.3, -0.25) is 0 Å². The lowest BCUT2D eigenvalue weighted by atomic mass is 9.95. The van der Waals surface area contributed by atoms with E-state index in [1.165, 1.54) is 4.90 Å². The first-order valence-electron chi connectivity index (χ1n) is 11.4. The summed E-state index contributed by atoms with van der Waals surface area (Å²) >= 11 is 0. The quantitative estimate of drug-likeness (QED) is 0.356. The first kappa shape index (κ1) is 23.9. The van der Waals surface area contributed by atoms with Gasteiger partial charge in [-0.05, 0) is 42.3 Å². The minimum absolute atomic E-state index is 0.0845. The molecule has 0 unspecified atom stereocenters. The fourth-order valence-electron chi connectivity index (χ4n) is 3.74. The van der Waals surface area contributed by atoms with Crippen molar-refractivity contribution in [1.82, 2.24) is 10.2 Å². The van der Waals surface area contributed by atoms with Crippen LogP contribution in [0, 0.1) is 0 Å². The molecule has 0 bridgehead atoms. The average molecular weight is 473 g/mol. The van der Waals surface area contributed by atoms with E-state index >= 15 is 0 Å². The van der Waals surface area contributed by atoms with Crippen molar-refractivity contribution < 1.29 is 23.8 Å². The molecule has 1 aliphatic rings. The molecular weight excluding hydrogens is 444 g/mol. The van der Waals surface area contributed by atoms with Crippen LogP contribution in [0.4, 0.5) is 4.79 Å². The zero-order valence-electron chi connectivity index (χ0n) is 19.8. The van der Waals surface area contributed by atoms with E-state index in [1.54, 1.807) is 14.0 Å². The highest BCUT2D eigenvalue weighted by Crippen LogP contribution is 2.31. The second-order valence-corrected chi connectivity index (χ2v) is 8.08. The Morgan fingerprint density at radius 2 is 1.49 bits per heavy atom. The number of hydrogen-bond acceptors (Lipinski definition) is 5. The first-order valence-corrected chi connectivity index (χ1v) is 11.4. The molecule has 2 amide bonds. The van der Waals surface area contributed by atoms with E-state index < -0.39 is 12.0 Å². The molecule has 1 aliphatic heterocycles. The maximum atomic E-state index is 13.0. The molecular formula is C28H28N2O5. The van der Waals surface area contributed by atoms with Gasteiger partial charge in [0.2, 0.25) is 0 Å². The molecule has 35 heavy (non-hydrogen) atoms. The molecule has 1 N–H and O–H groups in total. The van der Waals surface area contributed by atoms with Gasteiger partial charge in [0.05, 0.1) is 11.6 Å². The molecule has 3 aromatic rings. The van der Waals surface area contributed by atoms with Crippen molar-refractivity contribution in [1.29, 1.82) is 0 Å². The highest BCUT2D eigenvalue weighted by molar-refractivity contribution is 5.95. The van der Waals surface area contributed by atoms with Crippen LogP contribution in [0.25, 0.3) is 0 Å². The number of urea groups is 1. The van der Waals surface area contributed by atoms with Crippen molar-refractivity contribution in [2.75, 3.05) is 20.3 Å². The predicted molar refractivity (Wildman–Crippen MR) is 132 cm³/mol. The van der Waals surface area contributed by atoms with Crippen molar-refractivity contribution in [3.05, 3.63) is 107 Å². The number of rotatable bonds is 9. The maximum absolute atomic E-state index is 13.0. The standard InChI is InChI=1S/C28H28N2O5/c1-20-25(27(31)34-18-17-33-23-11-7-4-8-12-23)26(29-28(32)30(20)2)22-13-15-24(16-14-22)35-19-21-9-5-3-6-10-21/h3-16,26H,17-19H2,1-2H3,(H,29,32)/t26-/m1/s1. The fraction of sp³-hybridized carbons (Fsp3) is 0.214. The summed E-state index contributed by atoms with van der Waals surface area (Å²) in [6, 6.07) is 25.6. The number of benzene rings is 3. The normalized spacial score (nSPS) is 15.4. The summed E-state index contributed by atoms with van der Waals surface area (Å²) < 4.78 is 17.0. The Balaban J connectivity index is 1.43. The van der Waals surface area contributed by atoms with Crippen LogP contribution in [0.15, 0.2) is 96.2 Å². The van der Waals surface area contributed by atoms with Crippen LogP contribution >= 0.6 is 0 Å². The molecule has 0 saturated carbocycles. The van der Waals surface area contributed by atoms with Gasteiger partial charge < -0.3 is 24.4 Å². The Morgan fingerprint density at radius 1 is 0.857 bits per heavy atom. The van der Waals surface area contributed by atoms with Crippen LogP contribution in [0.2, 0.25) is 0 Å². The number of ether oxygens (including phenoxy) is 3. The topological polar surface area (TPSA) is 77.1 Å². The Labute approximate surface area is 204 Å². The lowest BCUT2D eigenvalue weighted by molar-refractivity contribution is -0.140. The van der Waals surface area contributed by atoms with Crippen molar-refractivity contribution in [3.63, 3.8) is 0 Å². The molecule has 0 fully saturated rings. The summed E-state index contributed by atoms with van der Waals surface area (Å²) in [7, 11) is 1.62. The van der Waals surface area contributed by atoms with E-state index in [-0.39, 0.29) is 19.2 Å². The van der Waals surface area contributed by atoms with Gasteiger partial charge in [-0.15, -0.1) is 0 Å². The number of amides is 2. The van der Waals surface area contributed by atoms with Crippen LogP contribution in [0.5, 0.6) is 11.5 Å². The van der Waals surface area contributed by atoms with Gasteiger partial charge in [-0.1, -0.05) is 60.7 Å². The molecule has 7 heteroatoms. The largest absolute Gasteiger partial charge is 0.490 e. The Hall–Kier alpha value is -4.26. The molecule has 0 saturated heterocycles. The molecule has 3 aromatic carbocycles. The van der Waals surface area contributed by atoms with Crippen LogP contribution in [0.3, 0.4) is 0 Å². The van der Waals surface area contributed by atoms with Crippen LogP contribution in [-0.4, -0.2) is 37.2 Å². The molecule has 0 spiro atoms. The number of nitrogens with one attached hydrogen (secondary N) is 1. The Bertz CT molecular complexity index is 1180. The summed E-state index contributed by atoms with van der Waals surface area (Å²) in [6.07, 6.45) is 0. The predicted octanol–water partition coefficient (Wildman–Crippen LogP) is 4.86. The number of carbonyl (C=O) groups is 2. The second-order valence-electron chi connectivity index (χ2n) is 8.08. The number of carbonyl (C=O) groups excluding carboxylic acids is 2. The number of nitrogens with zero attached hydrogens (tertiary/aromatic N) is 1. The zero-order valence-corrected chi connectivity index (χ0v) is 19.8. The molecule has 7 nitrogen and oxygen atoms in total.